The smallest absolute Gasteiger partial charge is 0.151 e. The maximum atomic E-state index is 10.2. The van der Waals surface area contributed by atoms with E-state index in [1.807, 2.05) is 36.9 Å². The van der Waals surface area contributed by atoms with Gasteiger partial charge in [0.1, 0.15) is 5.75 Å². The SMILES string of the molecule is Cc1cc(C)c(-c2ccc(N3C[C@H](CO)O[C@@H](CO)C3)nn2)c(O)c1. The standard InChI is InChI=1S/C18H23N3O4/c1-11-5-12(2)18(16(24)6-11)15-3-4-17(20-19-15)21-7-13(9-22)25-14(8-21)10-23/h3-6,13-14,22-24H,7-10H2,1-2H3/t13-,14-/m1/s1. The van der Waals surface area contributed by atoms with Crippen molar-refractivity contribution in [3.05, 3.63) is 35.4 Å². The van der Waals surface area contributed by atoms with Gasteiger partial charge in [0.05, 0.1) is 31.1 Å². The van der Waals surface area contributed by atoms with Crippen LogP contribution in [0.25, 0.3) is 11.3 Å². The van der Waals surface area contributed by atoms with Gasteiger partial charge in [0.15, 0.2) is 5.82 Å². The van der Waals surface area contributed by atoms with Crippen LogP contribution in [0.15, 0.2) is 24.3 Å². The summed E-state index contributed by atoms with van der Waals surface area (Å²) >= 11 is 0. The summed E-state index contributed by atoms with van der Waals surface area (Å²) in [5.74, 6) is 0.833. The summed E-state index contributed by atoms with van der Waals surface area (Å²) in [4.78, 5) is 1.93. The number of rotatable bonds is 4. The van der Waals surface area contributed by atoms with E-state index in [2.05, 4.69) is 10.2 Å². The van der Waals surface area contributed by atoms with Crippen molar-refractivity contribution in [2.45, 2.75) is 26.1 Å². The van der Waals surface area contributed by atoms with Crippen LogP contribution in [0.1, 0.15) is 11.1 Å². The average Bonchev–Trinajstić information content (AvgIpc) is 2.61. The van der Waals surface area contributed by atoms with Crippen LogP contribution in [0.3, 0.4) is 0 Å². The summed E-state index contributed by atoms with van der Waals surface area (Å²) in [6, 6.07) is 7.34. The number of phenols is 1. The number of aryl methyl sites for hydroxylation is 2. The lowest BCUT2D eigenvalue weighted by Gasteiger charge is -2.37. The normalized spacial score (nSPS) is 20.7. The Kier molecular flexibility index (Phi) is 5.17. The summed E-state index contributed by atoms with van der Waals surface area (Å²) < 4.78 is 5.55. The number of aromatic hydroxyl groups is 1. The molecule has 0 saturated carbocycles. The Morgan fingerprint density at radius 1 is 1.08 bits per heavy atom. The molecule has 1 aromatic heterocycles. The number of hydrogen-bond acceptors (Lipinski definition) is 7. The van der Waals surface area contributed by atoms with Crippen molar-refractivity contribution in [2.75, 3.05) is 31.2 Å². The van der Waals surface area contributed by atoms with Gasteiger partial charge in [0.2, 0.25) is 0 Å². The molecule has 0 radical (unpaired) electrons. The van der Waals surface area contributed by atoms with Gasteiger partial charge in [-0.1, -0.05) is 6.07 Å². The number of morpholine rings is 1. The molecule has 2 atom stereocenters. The Hall–Kier alpha value is -2.22. The predicted molar refractivity (Wildman–Crippen MR) is 93.7 cm³/mol. The molecule has 2 heterocycles. The fraction of sp³-hybridized carbons (Fsp3) is 0.444. The highest BCUT2D eigenvalue weighted by molar-refractivity contribution is 5.71. The molecule has 2 aromatic rings. The number of aromatic nitrogens is 2. The zero-order valence-electron chi connectivity index (χ0n) is 14.4. The third-order valence-electron chi connectivity index (χ3n) is 4.33. The maximum absolute atomic E-state index is 10.2. The van der Waals surface area contributed by atoms with Crippen LogP contribution in [0.5, 0.6) is 5.75 Å². The van der Waals surface area contributed by atoms with Gasteiger partial charge in [-0.25, -0.2) is 0 Å². The molecule has 0 bridgehead atoms. The molecule has 3 rings (SSSR count). The molecule has 3 N–H and O–H groups in total. The first-order valence-electron chi connectivity index (χ1n) is 8.28. The monoisotopic (exact) mass is 345 g/mol. The van der Waals surface area contributed by atoms with Crippen molar-refractivity contribution in [3.8, 4) is 17.0 Å². The molecule has 0 spiro atoms. The van der Waals surface area contributed by atoms with Crippen LogP contribution in [-0.4, -0.2) is 64.0 Å². The molecule has 1 saturated heterocycles. The molecule has 25 heavy (non-hydrogen) atoms. The van der Waals surface area contributed by atoms with Gasteiger partial charge in [-0.3, -0.25) is 0 Å². The van der Waals surface area contributed by atoms with E-state index in [9.17, 15) is 15.3 Å². The van der Waals surface area contributed by atoms with Gasteiger partial charge in [0, 0.05) is 18.7 Å². The second-order valence-corrected chi connectivity index (χ2v) is 6.40. The first-order chi connectivity index (χ1) is 12.0. The lowest BCUT2D eigenvalue weighted by molar-refractivity contribution is -0.0701. The van der Waals surface area contributed by atoms with Crippen molar-refractivity contribution in [2.24, 2.45) is 0 Å². The Morgan fingerprint density at radius 3 is 2.28 bits per heavy atom. The number of anilines is 1. The largest absolute Gasteiger partial charge is 0.507 e. The van der Waals surface area contributed by atoms with Gasteiger partial charge in [-0.05, 0) is 43.2 Å². The molecule has 1 fully saturated rings. The number of aliphatic hydroxyl groups excluding tert-OH is 2. The van der Waals surface area contributed by atoms with Crippen LogP contribution >= 0.6 is 0 Å². The molecule has 0 aliphatic carbocycles. The van der Waals surface area contributed by atoms with Crippen LogP contribution in [0.4, 0.5) is 5.82 Å². The predicted octanol–water partition coefficient (Wildman–Crippen LogP) is 1.02. The number of ether oxygens (including phenoxy) is 1. The second kappa shape index (κ2) is 7.35. The van der Waals surface area contributed by atoms with E-state index in [-0.39, 0.29) is 31.2 Å². The summed E-state index contributed by atoms with van der Waals surface area (Å²) in [5, 5.41) is 37.4. The van der Waals surface area contributed by atoms with Crippen molar-refractivity contribution in [1.82, 2.24) is 10.2 Å². The molecular formula is C18H23N3O4. The van der Waals surface area contributed by atoms with Crippen molar-refractivity contribution < 1.29 is 20.1 Å². The van der Waals surface area contributed by atoms with Crippen LogP contribution in [0.2, 0.25) is 0 Å². The van der Waals surface area contributed by atoms with E-state index in [1.165, 1.54) is 0 Å². The summed E-state index contributed by atoms with van der Waals surface area (Å²) in [6.07, 6.45) is -0.730. The summed E-state index contributed by atoms with van der Waals surface area (Å²) in [5.41, 5.74) is 3.20. The minimum atomic E-state index is -0.365. The van der Waals surface area contributed by atoms with Crippen LogP contribution in [-0.2, 0) is 4.74 Å². The number of benzene rings is 1. The van der Waals surface area contributed by atoms with Gasteiger partial charge in [0.25, 0.3) is 0 Å². The van der Waals surface area contributed by atoms with E-state index in [0.29, 0.717) is 30.2 Å². The van der Waals surface area contributed by atoms with E-state index in [1.54, 1.807) is 6.07 Å². The fourth-order valence-electron chi connectivity index (χ4n) is 3.22. The van der Waals surface area contributed by atoms with Crippen LogP contribution in [0, 0.1) is 13.8 Å². The number of phenolic OH excluding ortho intramolecular Hbond substituents is 1. The Morgan fingerprint density at radius 2 is 1.76 bits per heavy atom. The molecule has 7 nitrogen and oxygen atoms in total. The molecule has 1 aromatic carbocycles. The number of hydrogen-bond donors (Lipinski definition) is 3. The highest BCUT2D eigenvalue weighted by Gasteiger charge is 2.28. The number of aliphatic hydroxyl groups is 2. The second-order valence-electron chi connectivity index (χ2n) is 6.40. The van der Waals surface area contributed by atoms with Gasteiger partial charge in [-0.15, -0.1) is 10.2 Å². The van der Waals surface area contributed by atoms with Crippen molar-refractivity contribution >= 4 is 5.82 Å². The third-order valence-corrected chi connectivity index (χ3v) is 4.33. The Balaban J connectivity index is 1.85. The minimum absolute atomic E-state index is 0.116. The molecule has 1 aliphatic rings. The van der Waals surface area contributed by atoms with Gasteiger partial charge >= 0.3 is 0 Å². The fourth-order valence-corrected chi connectivity index (χ4v) is 3.22. The third kappa shape index (κ3) is 3.73. The molecular weight excluding hydrogens is 322 g/mol. The van der Waals surface area contributed by atoms with Crippen molar-refractivity contribution in [1.29, 1.82) is 0 Å². The number of nitrogens with zero attached hydrogens (tertiary/aromatic N) is 3. The maximum Gasteiger partial charge on any atom is 0.151 e. The molecule has 1 aliphatic heterocycles. The summed E-state index contributed by atoms with van der Waals surface area (Å²) in [6.45, 7) is 4.59. The van der Waals surface area contributed by atoms with Crippen LogP contribution < -0.4 is 4.90 Å². The first kappa shape index (κ1) is 17.6. The minimum Gasteiger partial charge on any atom is -0.507 e. The summed E-state index contributed by atoms with van der Waals surface area (Å²) in [7, 11) is 0. The molecule has 7 heteroatoms. The van der Waals surface area contributed by atoms with Crippen molar-refractivity contribution in [3.63, 3.8) is 0 Å². The lowest BCUT2D eigenvalue weighted by Crippen LogP contribution is -2.50. The van der Waals surface area contributed by atoms with E-state index in [4.69, 9.17) is 4.74 Å². The zero-order chi connectivity index (χ0) is 18.0. The van der Waals surface area contributed by atoms with E-state index in [0.717, 1.165) is 11.1 Å². The molecule has 0 amide bonds. The average molecular weight is 345 g/mol. The molecule has 0 unspecified atom stereocenters. The zero-order valence-corrected chi connectivity index (χ0v) is 14.4. The quantitative estimate of drug-likeness (QED) is 0.761. The van der Waals surface area contributed by atoms with Gasteiger partial charge in [-0.2, -0.15) is 0 Å². The lowest BCUT2D eigenvalue weighted by atomic mass is 10.0. The Labute approximate surface area is 146 Å². The topological polar surface area (TPSA) is 98.9 Å². The first-order valence-corrected chi connectivity index (χ1v) is 8.28. The van der Waals surface area contributed by atoms with E-state index < -0.39 is 0 Å². The van der Waals surface area contributed by atoms with Gasteiger partial charge < -0.3 is 25.0 Å². The highest BCUT2D eigenvalue weighted by Crippen LogP contribution is 2.32. The molecule has 134 valence electrons. The Bertz CT molecular complexity index is 701. The highest BCUT2D eigenvalue weighted by atomic mass is 16.5. The van der Waals surface area contributed by atoms with E-state index >= 15 is 0 Å².